The summed E-state index contributed by atoms with van der Waals surface area (Å²) in [6.45, 7) is 5.09. The van der Waals surface area contributed by atoms with Crippen LogP contribution in [0.4, 0.5) is 4.39 Å². The number of halogens is 1. The number of pyridine rings is 2. The first kappa shape index (κ1) is 30.0. The second-order valence-corrected chi connectivity index (χ2v) is 12.4. The lowest BCUT2D eigenvalue weighted by atomic mass is 10.0. The number of aromatic nitrogens is 5. The summed E-state index contributed by atoms with van der Waals surface area (Å²) in [6, 6.07) is 25.8. The van der Waals surface area contributed by atoms with E-state index < -0.39 is 0 Å². The SMILES string of the molecule is Fc1cc(OCCN2CCCC2)cc(-c2cncc3[nH]c(-c4n[nH]c5ccc(-c6cncc(CNCc7ccccc7)c6)cc45)cc23)c1. The predicted octanol–water partition coefficient (Wildman–Crippen LogP) is 7.74. The van der Waals surface area contributed by atoms with Crippen LogP contribution in [0, 0.1) is 5.82 Å². The summed E-state index contributed by atoms with van der Waals surface area (Å²) < 4.78 is 20.8. The molecule has 0 atom stereocenters. The van der Waals surface area contributed by atoms with E-state index in [4.69, 9.17) is 9.84 Å². The number of nitrogens with zero attached hydrogens (tertiary/aromatic N) is 4. The Hall–Kier alpha value is -5.38. The average Bonchev–Trinajstić information content (AvgIpc) is 3.88. The van der Waals surface area contributed by atoms with Crippen LogP contribution in [0.2, 0.25) is 0 Å². The smallest absolute Gasteiger partial charge is 0.127 e. The molecule has 7 aromatic rings. The molecule has 1 aliphatic rings. The van der Waals surface area contributed by atoms with Crippen LogP contribution in [0.5, 0.6) is 5.75 Å². The molecule has 0 unspecified atom stereocenters. The van der Waals surface area contributed by atoms with E-state index in [1.54, 1.807) is 12.4 Å². The molecule has 1 fully saturated rings. The van der Waals surface area contributed by atoms with Gasteiger partial charge in [0.2, 0.25) is 0 Å². The van der Waals surface area contributed by atoms with Crippen LogP contribution >= 0.6 is 0 Å². The van der Waals surface area contributed by atoms with Gasteiger partial charge in [-0.25, -0.2) is 4.39 Å². The van der Waals surface area contributed by atoms with Crippen LogP contribution in [0.3, 0.4) is 0 Å². The summed E-state index contributed by atoms with van der Waals surface area (Å²) in [5.74, 6) is 0.182. The Kier molecular flexibility index (Phi) is 8.36. The zero-order chi connectivity index (χ0) is 32.3. The van der Waals surface area contributed by atoms with E-state index in [1.165, 1.54) is 30.5 Å². The molecule has 1 saturated heterocycles. The van der Waals surface area contributed by atoms with Gasteiger partial charge >= 0.3 is 0 Å². The van der Waals surface area contributed by atoms with Gasteiger partial charge in [-0.05, 0) is 84.6 Å². The number of hydrogen-bond donors (Lipinski definition) is 3. The zero-order valence-electron chi connectivity index (χ0n) is 26.5. The number of aromatic amines is 2. The Balaban J connectivity index is 1.05. The summed E-state index contributed by atoms with van der Waals surface area (Å²) >= 11 is 0. The second kappa shape index (κ2) is 13.4. The Bertz CT molecular complexity index is 2190. The molecule has 0 radical (unpaired) electrons. The molecule has 0 aliphatic carbocycles. The Labute approximate surface area is 278 Å². The molecule has 8 nitrogen and oxygen atoms in total. The summed E-state index contributed by atoms with van der Waals surface area (Å²) in [5.41, 5.74) is 9.41. The molecule has 9 heteroatoms. The minimum Gasteiger partial charge on any atom is -0.492 e. The van der Waals surface area contributed by atoms with Crippen LogP contribution in [-0.4, -0.2) is 56.3 Å². The molecule has 4 aromatic heterocycles. The van der Waals surface area contributed by atoms with E-state index in [0.717, 1.165) is 93.7 Å². The topological polar surface area (TPSA) is 94.8 Å². The molecule has 0 amide bonds. The van der Waals surface area contributed by atoms with Crippen molar-refractivity contribution in [1.82, 2.24) is 35.4 Å². The highest BCUT2D eigenvalue weighted by atomic mass is 19.1. The van der Waals surface area contributed by atoms with Gasteiger partial charge in [0.25, 0.3) is 0 Å². The third kappa shape index (κ3) is 6.43. The van der Waals surface area contributed by atoms with Gasteiger partial charge in [-0.1, -0.05) is 36.4 Å². The highest BCUT2D eigenvalue weighted by Gasteiger charge is 2.16. The van der Waals surface area contributed by atoms with Crippen molar-refractivity contribution in [2.75, 3.05) is 26.2 Å². The average molecular weight is 638 g/mol. The molecule has 48 heavy (non-hydrogen) atoms. The summed E-state index contributed by atoms with van der Waals surface area (Å²) in [6.07, 6.45) is 9.83. The zero-order valence-corrected chi connectivity index (χ0v) is 26.5. The molecule has 1 aliphatic heterocycles. The number of fused-ring (bicyclic) bond motifs is 2. The van der Waals surface area contributed by atoms with Crippen LogP contribution in [0.25, 0.3) is 55.4 Å². The fourth-order valence-electron chi connectivity index (χ4n) is 6.60. The van der Waals surface area contributed by atoms with E-state index in [1.807, 2.05) is 24.5 Å². The molecule has 3 N–H and O–H groups in total. The van der Waals surface area contributed by atoms with Gasteiger partial charge in [-0.2, -0.15) is 5.10 Å². The van der Waals surface area contributed by atoms with Crippen LogP contribution in [0.1, 0.15) is 24.0 Å². The number of H-pyrrole nitrogens is 2. The van der Waals surface area contributed by atoms with E-state index in [0.29, 0.717) is 12.4 Å². The normalized spacial score (nSPS) is 13.5. The van der Waals surface area contributed by atoms with Crippen LogP contribution < -0.4 is 10.1 Å². The summed E-state index contributed by atoms with van der Waals surface area (Å²) in [5, 5.41) is 13.3. The number of likely N-dealkylation sites (tertiary alicyclic amines) is 1. The number of benzene rings is 3. The van der Waals surface area contributed by atoms with E-state index in [2.05, 4.69) is 84.9 Å². The Morgan fingerprint density at radius 1 is 0.750 bits per heavy atom. The van der Waals surface area contributed by atoms with Crippen molar-refractivity contribution in [3.05, 3.63) is 121 Å². The highest BCUT2D eigenvalue weighted by Crippen LogP contribution is 2.36. The van der Waals surface area contributed by atoms with E-state index in [9.17, 15) is 4.39 Å². The lowest BCUT2D eigenvalue weighted by Gasteiger charge is -2.15. The maximum Gasteiger partial charge on any atom is 0.127 e. The quantitative estimate of drug-likeness (QED) is 0.134. The molecule has 0 saturated carbocycles. The van der Waals surface area contributed by atoms with Crippen molar-refractivity contribution in [2.24, 2.45) is 0 Å². The summed E-state index contributed by atoms with van der Waals surface area (Å²) in [4.78, 5) is 14.9. The predicted molar refractivity (Wildman–Crippen MR) is 188 cm³/mol. The van der Waals surface area contributed by atoms with Crippen molar-refractivity contribution >= 4 is 21.8 Å². The lowest BCUT2D eigenvalue weighted by Crippen LogP contribution is -2.25. The van der Waals surface area contributed by atoms with Gasteiger partial charge in [0.05, 0.1) is 22.9 Å². The first-order chi connectivity index (χ1) is 23.7. The standard InChI is InChI=1S/C39H36FN7O/c40-31-15-29(16-32(18-31)48-13-12-47-10-4-5-11-47)35-24-43-25-38-33(35)19-37(44-38)39-34-17-28(8-9-36(34)45-46-39)30-14-27(22-42-23-30)21-41-20-26-6-2-1-3-7-26/h1-3,6-9,14-19,22-25,41,44H,4-5,10-13,20-21H2,(H,45,46). The van der Waals surface area contributed by atoms with Crippen molar-refractivity contribution in [3.63, 3.8) is 0 Å². The molecule has 0 spiro atoms. The minimum absolute atomic E-state index is 0.340. The van der Waals surface area contributed by atoms with Crippen molar-refractivity contribution in [2.45, 2.75) is 25.9 Å². The molecule has 5 heterocycles. The van der Waals surface area contributed by atoms with Gasteiger partial charge in [0.15, 0.2) is 0 Å². The first-order valence-corrected chi connectivity index (χ1v) is 16.5. The van der Waals surface area contributed by atoms with E-state index >= 15 is 0 Å². The van der Waals surface area contributed by atoms with Crippen molar-refractivity contribution < 1.29 is 9.13 Å². The first-order valence-electron chi connectivity index (χ1n) is 16.5. The van der Waals surface area contributed by atoms with E-state index in [-0.39, 0.29) is 5.82 Å². The van der Waals surface area contributed by atoms with Crippen molar-refractivity contribution in [3.8, 4) is 39.4 Å². The molecule has 240 valence electrons. The largest absolute Gasteiger partial charge is 0.492 e. The monoisotopic (exact) mass is 637 g/mol. The lowest BCUT2D eigenvalue weighted by molar-refractivity contribution is 0.237. The molecule has 3 aromatic carbocycles. The maximum absolute atomic E-state index is 14.8. The van der Waals surface area contributed by atoms with Gasteiger partial charge < -0.3 is 15.0 Å². The Morgan fingerprint density at radius 2 is 1.60 bits per heavy atom. The van der Waals surface area contributed by atoms with Gasteiger partial charge in [0, 0.05) is 66.2 Å². The molecular weight excluding hydrogens is 601 g/mol. The molecule has 0 bridgehead atoms. The third-order valence-electron chi connectivity index (χ3n) is 9.05. The van der Waals surface area contributed by atoms with Gasteiger partial charge in [-0.3, -0.25) is 20.0 Å². The molecular formula is C39H36FN7O. The number of hydrogen-bond acceptors (Lipinski definition) is 6. The van der Waals surface area contributed by atoms with Crippen LogP contribution in [-0.2, 0) is 13.1 Å². The molecule has 8 rings (SSSR count). The maximum atomic E-state index is 14.8. The van der Waals surface area contributed by atoms with Gasteiger partial charge in [-0.15, -0.1) is 0 Å². The minimum atomic E-state index is -0.340. The van der Waals surface area contributed by atoms with Gasteiger partial charge in [0.1, 0.15) is 23.9 Å². The Morgan fingerprint density at radius 3 is 2.50 bits per heavy atom. The summed E-state index contributed by atoms with van der Waals surface area (Å²) in [7, 11) is 0. The fraction of sp³-hybridized carbons (Fsp3) is 0.205. The fourth-order valence-corrected chi connectivity index (χ4v) is 6.60. The van der Waals surface area contributed by atoms with Crippen LogP contribution in [0.15, 0.2) is 104 Å². The highest BCUT2D eigenvalue weighted by molar-refractivity contribution is 6.01. The number of nitrogens with one attached hydrogen (secondary N) is 3. The van der Waals surface area contributed by atoms with Crippen molar-refractivity contribution in [1.29, 1.82) is 0 Å². The number of rotatable bonds is 11. The number of ether oxygens (including phenoxy) is 1. The third-order valence-corrected chi connectivity index (χ3v) is 9.05. The second-order valence-electron chi connectivity index (χ2n) is 12.4.